The Labute approximate surface area is 120 Å². The summed E-state index contributed by atoms with van der Waals surface area (Å²) in [6.45, 7) is 2.15. The van der Waals surface area contributed by atoms with E-state index < -0.39 is 0 Å². The summed E-state index contributed by atoms with van der Waals surface area (Å²) >= 11 is 0. The summed E-state index contributed by atoms with van der Waals surface area (Å²) in [4.78, 5) is 0. The summed E-state index contributed by atoms with van der Waals surface area (Å²) in [5, 5.41) is 12.3. The van der Waals surface area contributed by atoms with E-state index in [2.05, 4.69) is 30.4 Å². The van der Waals surface area contributed by atoms with Crippen LogP contribution in [0.3, 0.4) is 0 Å². The van der Waals surface area contributed by atoms with Crippen LogP contribution in [0.1, 0.15) is 30.5 Å². The van der Waals surface area contributed by atoms with E-state index in [1.54, 1.807) is 0 Å². The van der Waals surface area contributed by atoms with Crippen LogP contribution in [0.5, 0.6) is 0 Å². The Morgan fingerprint density at radius 1 is 1.20 bits per heavy atom. The highest BCUT2D eigenvalue weighted by Gasteiger charge is 2.09. The van der Waals surface area contributed by atoms with E-state index in [9.17, 15) is 0 Å². The molecule has 0 bridgehead atoms. The second-order valence-electron chi connectivity index (χ2n) is 4.76. The molecule has 3 N–H and O–H groups in total. The third-order valence-electron chi connectivity index (χ3n) is 3.36. The first kappa shape index (κ1) is 14.0. The van der Waals surface area contributed by atoms with Gasteiger partial charge in [0.25, 0.3) is 0 Å². The maximum Gasteiger partial charge on any atom is 0.0670 e. The van der Waals surface area contributed by atoms with Gasteiger partial charge in [-0.3, -0.25) is 0 Å². The quantitative estimate of drug-likeness (QED) is 0.806. The first-order valence-corrected chi connectivity index (χ1v) is 6.81. The normalized spacial score (nSPS) is 11.6. The van der Waals surface area contributed by atoms with E-state index in [0.717, 1.165) is 17.7 Å². The topological polar surface area (TPSA) is 61.8 Å². The zero-order valence-electron chi connectivity index (χ0n) is 11.6. The summed E-state index contributed by atoms with van der Waals surface area (Å²) in [5.74, 6) is 0. The Morgan fingerprint density at radius 3 is 2.60 bits per heavy atom. The lowest BCUT2D eigenvalue weighted by Gasteiger charge is -2.19. The third-order valence-corrected chi connectivity index (χ3v) is 3.36. The van der Waals surface area contributed by atoms with E-state index in [-0.39, 0.29) is 6.04 Å². The molecular weight excluding hydrogens is 246 g/mol. The lowest BCUT2D eigenvalue weighted by atomic mass is 10.0. The molecule has 1 unspecified atom stereocenters. The largest absolute Gasteiger partial charge is 0.398 e. The van der Waals surface area contributed by atoms with Crippen molar-refractivity contribution in [2.45, 2.75) is 25.8 Å². The fourth-order valence-corrected chi connectivity index (χ4v) is 2.24. The van der Waals surface area contributed by atoms with E-state index in [4.69, 9.17) is 11.0 Å². The van der Waals surface area contributed by atoms with Gasteiger partial charge in [0.15, 0.2) is 0 Å². The first-order chi connectivity index (χ1) is 9.74. The second kappa shape index (κ2) is 6.63. The standard InChI is InChI=1S/C17H19N3/c1-2-17(13-6-4-3-5-7-13)20-15-8-9-16(19)14(12-15)10-11-18/h3-9,12,17,20H,2,10,19H2,1H3. The predicted octanol–water partition coefficient (Wildman–Crippen LogP) is 3.90. The lowest BCUT2D eigenvalue weighted by molar-refractivity contribution is 0.749. The minimum Gasteiger partial charge on any atom is -0.398 e. The lowest BCUT2D eigenvalue weighted by Crippen LogP contribution is -2.10. The molecule has 102 valence electrons. The number of anilines is 2. The molecule has 2 aromatic rings. The maximum absolute atomic E-state index is 8.82. The molecule has 3 nitrogen and oxygen atoms in total. The van der Waals surface area contributed by atoms with Crippen molar-refractivity contribution >= 4 is 11.4 Å². The third kappa shape index (κ3) is 3.30. The number of benzene rings is 2. The summed E-state index contributed by atoms with van der Waals surface area (Å²) in [7, 11) is 0. The smallest absolute Gasteiger partial charge is 0.0670 e. The molecule has 2 rings (SSSR count). The average Bonchev–Trinajstić information content (AvgIpc) is 2.49. The van der Waals surface area contributed by atoms with Crippen molar-refractivity contribution in [2.24, 2.45) is 0 Å². The molecular formula is C17H19N3. The van der Waals surface area contributed by atoms with Gasteiger partial charge in [0, 0.05) is 11.4 Å². The van der Waals surface area contributed by atoms with Crippen molar-refractivity contribution in [3.63, 3.8) is 0 Å². The molecule has 0 aromatic heterocycles. The van der Waals surface area contributed by atoms with Crippen LogP contribution in [0.4, 0.5) is 11.4 Å². The minimum absolute atomic E-state index is 0.259. The van der Waals surface area contributed by atoms with Crippen LogP contribution in [-0.2, 0) is 6.42 Å². The first-order valence-electron chi connectivity index (χ1n) is 6.81. The Kier molecular flexibility index (Phi) is 4.62. The van der Waals surface area contributed by atoms with Gasteiger partial charge >= 0.3 is 0 Å². The predicted molar refractivity (Wildman–Crippen MR) is 83.3 cm³/mol. The molecule has 0 aliphatic rings. The molecule has 1 atom stereocenters. The van der Waals surface area contributed by atoms with Crippen molar-refractivity contribution in [3.05, 3.63) is 59.7 Å². The van der Waals surface area contributed by atoms with Crippen LogP contribution in [0.15, 0.2) is 48.5 Å². The van der Waals surface area contributed by atoms with Crippen molar-refractivity contribution in [2.75, 3.05) is 11.1 Å². The monoisotopic (exact) mass is 265 g/mol. The number of hydrogen-bond acceptors (Lipinski definition) is 3. The van der Waals surface area contributed by atoms with Crippen molar-refractivity contribution in [1.82, 2.24) is 0 Å². The van der Waals surface area contributed by atoms with Gasteiger partial charge in [-0.25, -0.2) is 0 Å². The summed E-state index contributed by atoms with van der Waals surface area (Å²) in [6, 6.07) is 18.5. The van der Waals surface area contributed by atoms with Crippen LogP contribution in [0.2, 0.25) is 0 Å². The highest BCUT2D eigenvalue weighted by Crippen LogP contribution is 2.25. The summed E-state index contributed by atoms with van der Waals surface area (Å²) in [5.41, 5.74) is 9.68. The highest BCUT2D eigenvalue weighted by molar-refractivity contribution is 5.58. The number of nitrogens with two attached hydrogens (primary N) is 1. The number of rotatable bonds is 5. The minimum atomic E-state index is 0.259. The van der Waals surface area contributed by atoms with Crippen molar-refractivity contribution in [3.8, 4) is 6.07 Å². The van der Waals surface area contributed by atoms with Crippen LogP contribution >= 0.6 is 0 Å². The van der Waals surface area contributed by atoms with Gasteiger partial charge in [-0.15, -0.1) is 0 Å². The average molecular weight is 265 g/mol. The number of nitrogens with one attached hydrogen (secondary N) is 1. The van der Waals surface area contributed by atoms with Crippen molar-refractivity contribution < 1.29 is 0 Å². The van der Waals surface area contributed by atoms with E-state index in [0.29, 0.717) is 12.1 Å². The van der Waals surface area contributed by atoms with Crippen LogP contribution < -0.4 is 11.1 Å². The van der Waals surface area contributed by atoms with Crippen molar-refractivity contribution in [1.29, 1.82) is 5.26 Å². The van der Waals surface area contributed by atoms with Gasteiger partial charge in [-0.05, 0) is 35.7 Å². The van der Waals surface area contributed by atoms with Gasteiger partial charge < -0.3 is 11.1 Å². The molecule has 20 heavy (non-hydrogen) atoms. The van der Waals surface area contributed by atoms with E-state index in [1.165, 1.54) is 5.56 Å². The maximum atomic E-state index is 8.82. The van der Waals surface area contributed by atoms with Gasteiger partial charge in [0.05, 0.1) is 18.5 Å². The number of hydrogen-bond donors (Lipinski definition) is 2. The molecule has 0 spiro atoms. The van der Waals surface area contributed by atoms with E-state index in [1.807, 2.05) is 36.4 Å². The molecule has 0 aliphatic carbocycles. The van der Waals surface area contributed by atoms with E-state index >= 15 is 0 Å². The highest BCUT2D eigenvalue weighted by atomic mass is 14.9. The van der Waals surface area contributed by atoms with Gasteiger partial charge in [-0.1, -0.05) is 37.3 Å². The zero-order chi connectivity index (χ0) is 14.4. The summed E-state index contributed by atoms with van der Waals surface area (Å²) < 4.78 is 0. The molecule has 0 fully saturated rings. The second-order valence-corrected chi connectivity index (χ2v) is 4.76. The SMILES string of the molecule is CCC(Nc1ccc(N)c(CC#N)c1)c1ccccc1. The van der Waals surface area contributed by atoms with Gasteiger partial charge in [0.1, 0.15) is 0 Å². The fraction of sp³-hybridized carbons (Fsp3) is 0.235. The number of nitrogens with zero attached hydrogens (tertiary/aromatic N) is 1. The molecule has 0 amide bonds. The van der Waals surface area contributed by atoms with Crippen LogP contribution in [0, 0.1) is 11.3 Å². The molecule has 2 aromatic carbocycles. The molecule has 0 saturated carbocycles. The Hall–Kier alpha value is -2.47. The molecule has 0 heterocycles. The Balaban J connectivity index is 2.20. The van der Waals surface area contributed by atoms with Gasteiger partial charge in [-0.2, -0.15) is 5.26 Å². The zero-order valence-corrected chi connectivity index (χ0v) is 11.6. The van der Waals surface area contributed by atoms with Crippen LogP contribution in [-0.4, -0.2) is 0 Å². The Bertz CT molecular complexity index is 599. The number of nitriles is 1. The molecule has 0 radical (unpaired) electrons. The van der Waals surface area contributed by atoms with Crippen LogP contribution in [0.25, 0.3) is 0 Å². The molecule has 0 aliphatic heterocycles. The molecule has 0 saturated heterocycles. The van der Waals surface area contributed by atoms with Gasteiger partial charge in [0.2, 0.25) is 0 Å². The fourth-order valence-electron chi connectivity index (χ4n) is 2.24. The number of nitrogen functional groups attached to an aromatic ring is 1. The Morgan fingerprint density at radius 2 is 1.95 bits per heavy atom. The molecule has 3 heteroatoms. The summed E-state index contributed by atoms with van der Waals surface area (Å²) in [6.07, 6.45) is 1.32.